The molecule has 0 saturated heterocycles. The molecule has 0 aliphatic rings. The summed E-state index contributed by atoms with van der Waals surface area (Å²) in [5.41, 5.74) is 3.79. The van der Waals surface area contributed by atoms with Gasteiger partial charge in [0.1, 0.15) is 6.04 Å². The molecule has 4 nitrogen and oxygen atoms in total. The largest absolute Gasteiger partial charge is 0.352 e. The Bertz CT molecular complexity index is 1370. The molecular weight excluding hydrogens is 551 g/mol. The number of nitrogens with zero attached hydrogens (tertiary/aromatic N) is 1. The third kappa shape index (κ3) is 8.45. The zero-order chi connectivity index (χ0) is 29.2. The molecule has 212 valence electrons. The summed E-state index contributed by atoms with van der Waals surface area (Å²) in [7, 11) is 0. The van der Waals surface area contributed by atoms with Gasteiger partial charge in [0.25, 0.3) is 0 Å². The highest BCUT2D eigenvalue weighted by molar-refractivity contribution is 6.35. The van der Waals surface area contributed by atoms with E-state index in [0.717, 1.165) is 28.7 Å². The molecule has 4 rings (SSSR count). The number of nitrogens with one attached hydrogen (secondary N) is 1. The van der Waals surface area contributed by atoms with Gasteiger partial charge in [-0.15, -0.1) is 0 Å². The van der Waals surface area contributed by atoms with Crippen molar-refractivity contribution in [1.29, 1.82) is 0 Å². The summed E-state index contributed by atoms with van der Waals surface area (Å²) in [4.78, 5) is 30.0. The molecule has 0 saturated carbocycles. The second-order valence-corrected chi connectivity index (χ2v) is 11.2. The van der Waals surface area contributed by atoms with Crippen LogP contribution in [0.4, 0.5) is 0 Å². The Morgan fingerprint density at radius 1 is 0.805 bits per heavy atom. The monoisotopic (exact) mass is 586 g/mol. The fourth-order valence-corrected chi connectivity index (χ4v) is 5.39. The molecule has 0 fully saturated rings. The van der Waals surface area contributed by atoms with E-state index < -0.39 is 6.04 Å². The predicted molar refractivity (Wildman–Crippen MR) is 168 cm³/mol. The third-order valence-electron chi connectivity index (χ3n) is 7.41. The molecule has 4 aromatic carbocycles. The number of amides is 2. The number of hydrogen-bond acceptors (Lipinski definition) is 2. The van der Waals surface area contributed by atoms with Crippen molar-refractivity contribution in [2.45, 2.75) is 57.7 Å². The maximum atomic E-state index is 14.5. The maximum absolute atomic E-state index is 14.5. The summed E-state index contributed by atoms with van der Waals surface area (Å²) in [6.07, 6.45) is 1.35. The van der Waals surface area contributed by atoms with Crippen molar-refractivity contribution in [2.24, 2.45) is 0 Å². The molecule has 4 aromatic rings. The number of carbonyl (C=O) groups is 2. The van der Waals surface area contributed by atoms with E-state index in [-0.39, 0.29) is 36.7 Å². The second kappa shape index (κ2) is 14.9. The van der Waals surface area contributed by atoms with Crippen LogP contribution in [0.5, 0.6) is 0 Å². The van der Waals surface area contributed by atoms with E-state index in [0.29, 0.717) is 16.5 Å². The minimum Gasteiger partial charge on any atom is -0.352 e. The van der Waals surface area contributed by atoms with E-state index in [1.165, 1.54) is 0 Å². The maximum Gasteiger partial charge on any atom is 0.243 e. The van der Waals surface area contributed by atoms with E-state index >= 15 is 0 Å². The first-order chi connectivity index (χ1) is 19.9. The number of benzene rings is 4. The lowest BCUT2D eigenvalue weighted by Crippen LogP contribution is -2.52. The van der Waals surface area contributed by atoms with E-state index in [9.17, 15) is 9.59 Å². The Kier molecular flexibility index (Phi) is 11.0. The second-order valence-electron chi connectivity index (χ2n) is 10.4. The number of halogens is 2. The molecule has 0 aromatic heterocycles. The van der Waals surface area contributed by atoms with Crippen LogP contribution in [0.25, 0.3) is 0 Å². The van der Waals surface area contributed by atoms with Gasteiger partial charge in [0.2, 0.25) is 11.8 Å². The first kappa shape index (κ1) is 30.4. The molecule has 0 heterocycles. The Hall–Kier alpha value is -3.60. The minimum absolute atomic E-state index is 0.0294. The minimum atomic E-state index is -0.738. The van der Waals surface area contributed by atoms with Gasteiger partial charge in [0, 0.05) is 41.4 Å². The normalized spacial score (nSPS) is 12.5. The fraction of sp³-hybridized carbons (Fsp3) is 0.257. The van der Waals surface area contributed by atoms with Crippen LogP contribution in [0, 0.1) is 0 Å². The molecule has 0 spiro atoms. The standard InChI is InChI=1S/C35H36Cl2N2O2/c1-3-25(2)38-35(41)33(21-26-13-7-4-8-14-26)39(24-29-19-20-30(36)22-32(29)37)34(40)23-31(27-15-9-5-10-16-27)28-17-11-6-12-18-28/h4-20,22,25,31,33H,3,21,23-24H2,1-2H3,(H,38,41)/t25-,33-/m0/s1. The first-order valence-electron chi connectivity index (χ1n) is 14.0. The lowest BCUT2D eigenvalue weighted by atomic mass is 9.87. The molecule has 41 heavy (non-hydrogen) atoms. The topological polar surface area (TPSA) is 49.4 Å². The van der Waals surface area contributed by atoms with Gasteiger partial charge in [-0.2, -0.15) is 0 Å². The quantitative estimate of drug-likeness (QED) is 0.182. The van der Waals surface area contributed by atoms with Crippen molar-refractivity contribution in [3.63, 3.8) is 0 Å². The van der Waals surface area contributed by atoms with Crippen LogP contribution in [0.2, 0.25) is 10.0 Å². The van der Waals surface area contributed by atoms with Crippen LogP contribution < -0.4 is 5.32 Å². The average Bonchev–Trinajstić information content (AvgIpc) is 2.99. The van der Waals surface area contributed by atoms with E-state index in [1.807, 2.05) is 111 Å². The Morgan fingerprint density at radius 3 is 1.90 bits per heavy atom. The van der Waals surface area contributed by atoms with Crippen molar-refractivity contribution in [3.8, 4) is 0 Å². The van der Waals surface area contributed by atoms with Gasteiger partial charge in [-0.25, -0.2) is 0 Å². The Balaban J connectivity index is 1.76. The van der Waals surface area contributed by atoms with Crippen LogP contribution in [0.1, 0.15) is 54.9 Å². The van der Waals surface area contributed by atoms with Crippen molar-refractivity contribution in [3.05, 3.63) is 141 Å². The van der Waals surface area contributed by atoms with E-state index in [4.69, 9.17) is 23.2 Å². The Labute approximate surface area is 253 Å². The molecular formula is C35H36Cl2N2O2. The fourth-order valence-electron chi connectivity index (χ4n) is 4.92. The van der Waals surface area contributed by atoms with Crippen molar-refractivity contribution >= 4 is 35.0 Å². The van der Waals surface area contributed by atoms with Gasteiger partial charge < -0.3 is 10.2 Å². The summed E-state index contributed by atoms with van der Waals surface area (Å²) in [6.45, 7) is 4.18. The van der Waals surface area contributed by atoms with Crippen LogP contribution in [0.3, 0.4) is 0 Å². The summed E-state index contributed by atoms with van der Waals surface area (Å²) < 4.78 is 0. The Morgan fingerprint density at radius 2 is 1.37 bits per heavy atom. The number of hydrogen-bond donors (Lipinski definition) is 1. The number of rotatable bonds is 12. The van der Waals surface area contributed by atoms with Gasteiger partial charge in [-0.05, 0) is 47.7 Å². The smallest absolute Gasteiger partial charge is 0.243 e. The summed E-state index contributed by atoms with van der Waals surface area (Å²) >= 11 is 12.8. The molecule has 1 N–H and O–H groups in total. The zero-order valence-electron chi connectivity index (χ0n) is 23.5. The molecule has 0 radical (unpaired) electrons. The molecule has 2 amide bonds. The average molecular weight is 588 g/mol. The van der Waals surface area contributed by atoms with Crippen LogP contribution >= 0.6 is 23.2 Å². The number of carbonyl (C=O) groups excluding carboxylic acids is 2. The van der Waals surface area contributed by atoms with Gasteiger partial charge in [0.05, 0.1) is 0 Å². The third-order valence-corrected chi connectivity index (χ3v) is 8.00. The highest BCUT2D eigenvalue weighted by Crippen LogP contribution is 2.31. The van der Waals surface area contributed by atoms with Gasteiger partial charge in [0.15, 0.2) is 0 Å². The molecule has 0 aliphatic carbocycles. The molecule has 6 heteroatoms. The zero-order valence-corrected chi connectivity index (χ0v) is 25.0. The molecule has 0 aliphatic heterocycles. The van der Waals surface area contributed by atoms with Crippen LogP contribution in [-0.2, 0) is 22.6 Å². The van der Waals surface area contributed by atoms with Crippen molar-refractivity contribution in [1.82, 2.24) is 10.2 Å². The highest BCUT2D eigenvalue weighted by atomic mass is 35.5. The first-order valence-corrected chi connectivity index (χ1v) is 14.8. The van der Waals surface area contributed by atoms with Crippen molar-refractivity contribution < 1.29 is 9.59 Å². The lowest BCUT2D eigenvalue weighted by molar-refractivity contribution is -0.141. The van der Waals surface area contributed by atoms with Gasteiger partial charge in [-0.3, -0.25) is 9.59 Å². The van der Waals surface area contributed by atoms with Crippen molar-refractivity contribution in [2.75, 3.05) is 0 Å². The summed E-state index contributed by atoms with van der Waals surface area (Å²) in [5, 5.41) is 4.10. The molecule has 0 unspecified atom stereocenters. The highest BCUT2D eigenvalue weighted by Gasteiger charge is 2.33. The van der Waals surface area contributed by atoms with Crippen LogP contribution in [-0.4, -0.2) is 28.8 Å². The SMILES string of the molecule is CC[C@H](C)NC(=O)[C@H](Cc1ccccc1)N(Cc1ccc(Cl)cc1Cl)C(=O)CC(c1ccccc1)c1ccccc1. The van der Waals surface area contributed by atoms with Gasteiger partial charge >= 0.3 is 0 Å². The van der Waals surface area contributed by atoms with E-state index in [2.05, 4.69) is 5.32 Å². The molecule has 2 atom stereocenters. The molecule has 0 bridgehead atoms. The van der Waals surface area contributed by atoms with Crippen LogP contribution in [0.15, 0.2) is 109 Å². The predicted octanol–water partition coefficient (Wildman–Crippen LogP) is 8.07. The summed E-state index contributed by atoms with van der Waals surface area (Å²) in [5.74, 6) is -0.491. The van der Waals surface area contributed by atoms with Gasteiger partial charge in [-0.1, -0.05) is 127 Å². The summed E-state index contributed by atoms with van der Waals surface area (Å²) in [6, 6.07) is 34.3. The van der Waals surface area contributed by atoms with E-state index in [1.54, 1.807) is 17.0 Å². The lowest BCUT2D eigenvalue weighted by Gasteiger charge is -2.33.